The molecule has 0 aliphatic heterocycles. The van der Waals surface area contributed by atoms with Crippen LogP contribution >= 0.6 is 0 Å². The number of hydrogen-bond acceptors (Lipinski definition) is 3. The highest BCUT2D eigenvalue weighted by atomic mass is 16.3. The Labute approximate surface area is 155 Å². The van der Waals surface area contributed by atoms with E-state index >= 15 is 0 Å². The first-order valence-electron chi connectivity index (χ1n) is 9.67. The van der Waals surface area contributed by atoms with Crippen LogP contribution in [-0.4, -0.2) is 32.2 Å². The molecule has 4 nitrogen and oxygen atoms in total. The zero-order chi connectivity index (χ0) is 18.1. The molecule has 1 aromatic carbocycles. The zero-order valence-corrected chi connectivity index (χ0v) is 15.6. The van der Waals surface area contributed by atoms with Gasteiger partial charge in [0, 0.05) is 12.2 Å². The Balaban J connectivity index is 1.62. The quantitative estimate of drug-likeness (QED) is 0.743. The van der Waals surface area contributed by atoms with Gasteiger partial charge in [-0.05, 0) is 74.5 Å². The van der Waals surface area contributed by atoms with Crippen molar-refractivity contribution in [1.82, 2.24) is 14.5 Å². The summed E-state index contributed by atoms with van der Waals surface area (Å²) in [5.41, 5.74) is 4.69. The summed E-state index contributed by atoms with van der Waals surface area (Å²) in [5, 5.41) is 15.1. The average molecular weight is 349 g/mol. The summed E-state index contributed by atoms with van der Waals surface area (Å²) in [6.45, 7) is 5.54. The van der Waals surface area contributed by atoms with Crippen LogP contribution < -0.4 is 0 Å². The standard InChI is InChI=1S/C22H27N3O/c1-3-12-24(16(2)21-15-19-8-4-5-13-25(19)23-21)18-11-10-17-7-6-9-22(26)20(17)14-18/h4-9,13,15-16,18,26H,3,10-12,14H2,1-2H3. The van der Waals surface area contributed by atoms with Crippen molar-refractivity contribution < 1.29 is 5.11 Å². The second kappa shape index (κ2) is 7.12. The van der Waals surface area contributed by atoms with E-state index in [1.807, 2.05) is 28.9 Å². The van der Waals surface area contributed by atoms with Crippen molar-refractivity contribution in [1.29, 1.82) is 0 Å². The molecular formula is C22H27N3O. The molecule has 0 saturated heterocycles. The van der Waals surface area contributed by atoms with Crippen LogP contribution in [0.25, 0.3) is 5.52 Å². The number of aromatic hydroxyl groups is 1. The molecule has 26 heavy (non-hydrogen) atoms. The number of aromatic nitrogens is 2. The van der Waals surface area contributed by atoms with E-state index in [2.05, 4.69) is 43.0 Å². The predicted octanol–water partition coefficient (Wildman–Crippen LogP) is 4.37. The van der Waals surface area contributed by atoms with Crippen molar-refractivity contribution in [3.63, 3.8) is 0 Å². The van der Waals surface area contributed by atoms with Crippen LogP contribution in [-0.2, 0) is 12.8 Å². The van der Waals surface area contributed by atoms with Gasteiger partial charge in [0.2, 0.25) is 0 Å². The van der Waals surface area contributed by atoms with Gasteiger partial charge in [-0.1, -0.05) is 25.1 Å². The Hall–Kier alpha value is -2.33. The molecule has 2 unspecified atom stereocenters. The van der Waals surface area contributed by atoms with Gasteiger partial charge < -0.3 is 5.11 Å². The van der Waals surface area contributed by atoms with E-state index in [0.29, 0.717) is 11.8 Å². The highest BCUT2D eigenvalue weighted by Gasteiger charge is 2.30. The highest BCUT2D eigenvalue weighted by molar-refractivity contribution is 5.47. The van der Waals surface area contributed by atoms with Crippen molar-refractivity contribution >= 4 is 5.52 Å². The minimum Gasteiger partial charge on any atom is -0.508 e. The first-order valence-corrected chi connectivity index (χ1v) is 9.67. The molecule has 1 N–H and O–H groups in total. The van der Waals surface area contributed by atoms with Gasteiger partial charge in [0.15, 0.2) is 0 Å². The largest absolute Gasteiger partial charge is 0.508 e. The molecule has 0 amide bonds. The maximum Gasteiger partial charge on any atom is 0.119 e. The molecule has 0 saturated carbocycles. The summed E-state index contributed by atoms with van der Waals surface area (Å²) < 4.78 is 1.96. The number of benzene rings is 1. The molecule has 2 atom stereocenters. The second-order valence-corrected chi connectivity index (χ2v) is 7.36. The Morgan fingerprint density at radius 3 is 2.96 bits per heavy atom. The summed E-state index contributed by atoms with van der Waals surface area (Å²) in [4.78, 5) is 2.58. The van der Waals surface area contributed by atoms with Crippen molar-refractivity contribution in [3.05, 3.63) is 65.5 Å². The maximum atomic E-state index is 10.3. The smallest absolute Gasteiger partial charge is 0.119 e. The van der Waals surface area contributed by atoms with Crippen molar-refractivity contribution in [2.45, 2.75) is 51.6 Å². The molecule has 0 radical (unpaired) electrons. The molecule has 1 aliphatic rings. The predicted molar refractivity (Wildman–Crippen MR) is 105 cm³/mol. The number of phenolic OH excluding ortho intramolecular Hbond substituents is 1. The molecule has 4 rings (SSSR count). The topological polar surface area (TPSA) is 40.8 Å². The number of aryl methyl sites for hydroxylation is 1. The molecule has 3 aromatic rings. The second-order valence-electron chi connectivity index (χ2n) is 7.36. The maximum absolute atomic E-state index is 10.3. The van der Waals surface area contributed by atoms with Gasteiger partial charge in [-0.25, -0.2) is 4.52 Å². The summed E-state index contributed by atoms with van der Waals surface area (Å²) in [7, 11) is 0. The Morgan fingerprint density at radius 2 is 2.15 bits per heavy atom. The summed E-state index contributed by atoms with van der Waals surface area (Å²) in [6, 6.07) is 15.0. The lowest BCUT2D eigenvalue weighted by Gasteiger charge is -2.38. The van der Waals surface area contributed by atoms with E-state index in [0.717, 1.165) is 49.0 Å². The minimum absolute atomic E-state index is 0.257. The third kappa shape index (κ3) is 3.10. The van der Waals surface area contributed by atoms with Gasteiger partial charge in [-0.15, -0.1) is 0 Å². The van der Waals surface area contributed by atoms with E-state index in [1.165, 1.54) is 5.56 Å². The lowest BCUT2D eigenvalue weighted by molar-refractivity contribution is 0.127. The van der Waals surface area contributed by atoms with Gasteiger partial charge >= 0.3 is 0 Å². The first-order chi connectivity index (χ1) is 12.7. The van der Waals surface area contributed by atoms with Crippen LogP contribution in [0.3, 0.4) is 0 Å². The lowest BCUT2D eigenvalue weighted by Crippen LogP contribution is -2.41. The van der Waals surface area contributed by atoms with Crippen LogP contribution in [0.2, 0.25) is 0 Å². The monoisotopic (exact) mass is 349 g/mol. The Kier molecular flexibility index (Phi) is 4.68. The first kappa shape index (κ1) is 17.1. The van der Waals surface area contributed by atoms with Crippen LogP contribution in [0.4, 0.5) is 0 Å². The zero-order valence-electron chi connectivity index (χ0n) is 15.6. The molecule has 4 heteroatoms. The van der Waals surface area contributed by atoms with Gasteiger partial charge in [0.1, 0.15) is 5.75 Å². The average Bonchev–Trinajstić information content (AvgIpc) is 3.10. The summed E-state index contributed by atoms with van der Waals surface area (Å²) in [6.07, 6.45) is 6.20. The molecule has 136 valence electrons. The lowest BCUT2D eigenvalue weighted by atomic mass is 9.86. The van der Waals surface area contributed by atoms with E-state index in [4.69, 9.17) is 5.10 Å². The van der Waals surface area contributed by atoms with Crippen LogP contribution in [0.1, 0.15) is 49.6 Å². The van der Waals surface area contributed by atoms with Crippen molar-refractivity contribution in [3.8, 4) is 5.75 Å². The third-order valence-corrected chi connectivity index (χ3v) is 5.70. The van der Waals surface area contributed by atoms with E-state index < -0.39 is 0 Å². The van der Waals surface area contributed by atoms with Crippen LogP contribution in [0.5, 0.6) is 5.75 Å². The SMILES string of the molecule is CCCN(C1CCc2cccc(O)c2C1)C(C)c1cc2ccccn2n1. The van der Waals surface area contributed by atoms with Crippen LogP contribution in [0.15, 0.2) is 48.7 Å². The number of hydrogen-bond donors (Lipinski definition) is 1. The summed E-state index contributed by atoms with van der Waals surface area (Å²) >= 11 is 0. The fourth-order valence-electron chi connectivity index (χ4n) is 4.32. The van der Waals surface area contributed by atoms with Gasteiger partial charge in [0.25, 0.3) is 0 Å². The van der Waals surface area contributed by atoms with E-state index in [1.54, 1.807) is 0 Å². The number of nitrogens with zero attached hydrogens (tertiary/aromatic N) is 3. The molecule has 0 bridgehead atoms. The number of phenols is 1. The van der Waals surface area contributed by atoms with Crippen molar-refractivity contribution in [2.75, 3.05) is 6.54 Å². The molecule has 2 aromatic heterocycles. The minimum atomic E-state index is 0.257. The normalized spacial score (nSPS) is 18.2. The third-order valence-electron chi connectivity index (χ3n) is 5.70. The van der Waals surface area contributed by atoms with Crippen molar-refractivity contribution in [2.24, 2.45) is 0 Å². The molecule has 0 spiro atoms. The highest BCUT2D eigenvalue weighted by Crippen LogP contribution is 2.34. The Morgan fingerprint density at radius 1 is 1.27 bits per heavy atom. The van der Waals surface area contributed by atoms with Crippen LogP contribution in [0, 0.1) is 0 Å². The fourth-order valence-corrected chi connectivity index (χ4v) is 4.32. The number of pyridine rings is 1. The molecule has 0 fully saturated rings. The van der Waals surface area contributed by atoms with Gasteiger partial charge in [-0.2, -0.15) is 5.10 Å². The number of rotatable bonds is 5. The van der Waals surface area contributed by atoms with E-state index in [-0.39, 0.29) is 6.04 Å². The molecule has 2 heterocycles. The summed E-state index contributed by atoms with van der Waals surface area (Å²) in [5.74, 6) is 0.448. The van der Waals surface area contributed by atoms with Gasteiger partial charge in [-0.3, -0.25) is 4.90 Å². The van der Waals surface area contributed by atoms with Gasteiger partial charge in [0.05, 0.1) is 17.3 Å². The van der Waals surface area contributed by atoms with E-state index in [9.17, 15) is 5.11 Å². The number of fused-ring (bicyclic) bond motifs is 2. The Bertz CT molecular complexity index is 868. The molecule has 1 aliphatic carbocycles. The fraction of sp³-hybridized carbons (Fsp3) is 0.409. The molecular weight excluding hydrogens is 322 g/mol.